The first kappa shape index (κ1) is 23.0. The van der Waals surface area contributed by atoms with Crippen LogP contribution >= 0.6 is 11.6 Å². The highest BCUT2D eigenvalue weighted by Gasteiger charge is 2.30. The van der Waals surface area contributed by atoms with Crippen LogP contribution in [0.3, 0.4) is 0 Å². The summed E-state index contributed by atoms with van der Waals surface area (Å²) in [6, 6.07) is 18.6. The Hall–Kier alpha value is -3.18. The molecule has 1 saturated heterocycles. The van der Waals surface area contributed by atoms with Crippen molar-refractivity contribution in [2.75, 3.05) is 37.7 Å². The summed E-state index contributed by atoms with van der Waals surface area (Å²) in [5, 5.41) is 19.5. The van der Waals surface area contributed by atoms with Gasteiger partial charge < -0.3 is 14.7 Å². The van der Waals surface area contributed by atoms with Crippen molar-refractivity contribution in [1.29, 1.82) is 5.26 Å². The van der Waals surface area contributed by atoms with Crippen molar-refractivity contribution in [2.24, 2.45) is 0 Å². The van der Waals surface area contributed by atoms with Crippen LogP contribution in [0.1, 0.15) is 22.9 Å². The predicted octanol–water partition coefficient (Wildman–Crippen LogP) is 4.18. The maximum atomic E-state index is 13.2. The van der Waals surface area contributed by atoms with Crippen molar-refractivity contribution in [1.82, 2.24) is 9.88 Å². The molecule has 8 heteroatoms. The van der Waals surface area contributed by atoms with Crippen LogP contribution in [0, 0.1) is 17.1 Å². The van der Waals surface area contributed by atoms with Gasteiger partial charge in [-0.25, -0.2) is 4.39 Å². The summed E-state index contributed by atoms with van der Waals surface area (Å²) < 4.78 is 18.7. The smallest absolute Gasteiger partial charge is 0.141 e. The van der Waals surface area contributed by atoms with E-state index in [1.807, 2.05) is 36.4 Å². The SMILES string of the molecule is N#Cc1cc(OCCO)ccc1N1CCN(Cc2ccc(F)cn2)C[C@H]1c1ccc(Cl)cc1. The van der Waals surface area contributed by atoms with Gasteiger partial charge in [0, 0.05) is 31.2 Å². The maximum absolute atomic E-state index is 13.2. The van der Waals surface area contributed by atoms with Gasteiger partial charge in [0.2, 0.25) is 0 Å². The number of hydrogen-bond acceptors (Lipinski definition) is 6. The number of piperazine rings is 1. The standard InChI is InChI=1S/C25H24ClFN4O2/c26-20-3-1-18(2-4-20)25-17-30(16-22-6-5-21(27)15-29-22)9-10-31(25)24-8-7-23(33-12-11-32)13-19(24)14-28/h1-8,13,15,25,32H,9-12,16-17H2/t25-/m0/s1. The number of hydrogen-bond donors (Lipinski definition) is 1. The van der Waals surface area contributed by atoms with Crippen molar-refractivity contribution in [3.8, 4) is 11.8 Å². The highest BCUT2D eigenvalue weighted by atomic mass is 35.5. The summed E-state index contributed by atoms with van der Waals surface area (Å²) in [7, 11) is 0. The molecule has 0 bridgehead atoms. The monoisotopic (exact) mass is 466 g/mol. The first-order valence-electron chi connectivity index (χ1n) is 10.7. The summed E-state index contributed by atoms with van der Waals surface area (Å²) in [5.74, 6) is 0.200. The first-order chi connectivity index (χ1) is 16.1. The van der Waals surface area contributed by atoms with Gasteiger partial charge >= 0.3 is 0 Å². The fraction of sp³-hybridized carbons (Fsp3) is 0.280. The molecule has 4 rings (SSSR count). The molecule has 3 aromatic rings. The normalized spacial score (nSPS) is 16.4. The van der Waals surface area contributed by atoms with Crippen molar-refractivity contribution >= 4 is 17.3 Å². The molecular formula is C25H24ClFN4O2. The molecule has 2 aromatic carbocycles. The third-order valence-corrected chi connectivity index (χ3v) is 5.90. The Kier molecular flexibility index (Phi) is 7.40. The number of aromatic nitrogens is 1. The van der Waals surface area contributed by atoms with E-state index in [1.165, 1.54) is 12.3 Å². The Morgan fingerprint density at radius 1 is 1.15 bits per heavy atom. The molecule has 1 N–H and O–H groups in total. The Morgan fingerprint density at radius 2 is 1.97 bits per heavy atom. The van der Waals surface area contributed by atoms with E-state index in [9.17, 15) is 9.65 Å². The van der Waals surface area contributed by atoms with Gasteiger partial charge in [0.1, 0.15) is 24.2 Å². The van der Waals surface area contributed by atoms with Gasteiger partial charge in [-0.1, -0.05) is 23.7 Å². The molecule has 6 nitrogen and oxygen atoms in total. The number of nitriles is 1. The zero-order valence-electron chi connectivity index (χ0n) is 18.0. The van der Waals surface area contributed by atoms with Gasteiger partial charge in [-0.15, -0.1) is 0 Å². The number of nitrogens with zero attached hydrogens (tertiary/aromatic N) is 4. The molecular weight excluding hydrogens is 443 g/mol. The molecule has 33 heavy (non-hydrogen) atoms. The summed E-state index contributed by atoms with van der Waals surface area (Å²) in [4.78, 5) is 8.70. The zero-order valence-corrected chi connectivity index (χ0v) is 18.7. The van der Waals surface area contributed by atoms with Crippen LogP contribution < -0.4 is 9.64 Å². The Bertz CT molecular complexity index is 1120. The van der Waals surface area contributed by atoms with Crippen molar-refractivity contribution in [3.63, 3.8) is 0 Å². The van der Waals surface area contributed by atoms with Crippen LogP contribution in [0.15, 0.2) is 60.8 Å². The lowest BCUT2D eigenvalue weighted by atomic mass is 9.99. The van der Waals surface area contributed by atoms with E-state index in [2.05, 4.69) is 20.9 Å². The average Bonchev–Trinajstić information content (AvgIpc) is 2.84. The lowest BCUT2D eigenvalue weighted by molar-refractivity contribution is 0.201. The number of rotatable bonds is 7. The third-order valence-electron chi connectivity index (χ3n) is 5.65. The van der Waals surface area contributed by atoms with Gasteiger partial charge in [0.25, 0.3) is 0 Å². The van der Waals surface area contributed by atoms with Crippen molar-refractivity contribution in [3.05, 3.63) is 88.5 Å². The molecule has 1 aliphatic rings. The molecule has 2 heterocycles. The van der Waals surface area contributed by atoms with Crippen molar-refractivity contribution in [2.45, 2.75) is 12.6 Å². The number of aliphatic hydroxyl groups is 1. The van der Waals surface area contributed by atoms with Gasteiger partial charge in [0.15, 0.2) is 0 Å². The number of benzene rings is 2. The number of anilines is 1. The van der Waals surface area contributed by atoms with Crippen LogP contribution in [0.25, 0.3) is 0 Å². The lowest BCUT2D eigenvalue weighted by Crippen LogP contribution is -2.48. The zero-order chi connectivity index (χ0) is 23.2. The second-order valence-electron chi connectivity index (χ2n) is 7.83. The summed E-state index contributed by atoms with van der Waals surface area (Å²) in [6.45, 7) is 2.85. The van der Waals surface area contributed by atoms with Crippen LogP contribution in [0.2, 0.25) is 5.02 Å². The highest BCUT2D eigenvalue weighted by Crippen LogP contribution is 2.35. The minimum absolute atomic E-state index is 0.0206. The first-order valence-corrected chi connectivity index (χ1v) is 11.1. The van der Waals surface area contributed by atoms with Gasteiger partial charge in [-0.3, -0.25) is 9.88 Å². The Balaban J connectivity index is 1.62. The highest BCUT2D eigenvalue weighted by molar-refractivity contribution is 6.30. The second kappa shape index (κ2) is 10.6. The summed E-state index contributed by atoms with van der Waals surface area (Å²) >= 11 is 6.12. The maximum Gasteiger partial charge on any atom is 0.141 e. The van der Waals surface area contributed by atoms with Crippen LogP contribution in [0.4, 0.5) is 10.1 Å². The molecule has 0 aliphatic carbocycles. The minimum Gasteiger partial charge on any atom is -0.491 e. The number of halogens is 2. The van der Waals surface area contributed by atoms with E-state index in [1.54, 1.807) is 12.1 Å². The third kappa shape index (κ3) is 5.60. The number of ether oxygens (including phenoxy) is 1. The Morgan fingerprint density at radius 3 is 2.67 bits per heavy atom. The second-order valence-corrected chi connectivity index (χ2v) is 8.26. The number of pyridine rings is 1. The van der Waals surface area contributed by atoms with E-state index < -0.39 is 0 Å². The average molecular weight is 467 g/mol. The molecule has 170 valence electrons. The number of aliphatic hydroxyl groups excluding tert-OH is 1. The molecule has 0 saturated carbocycles. The lowest BCUT2D eigenvalue weighted by Gasteiger charge is -2.43. The summed E-state index contributed by atoms with van der Waals surface area (Å²) in [6.07, 6.45) is 1.24. The molecule has 0 amide bonds. The van der Waals surface area contributed by atoms with Crippen LogP contribution in [-0.2, 0) is 6.54 Å². The molecule has 1 aliphatic heterocycles. The van der Waals surface area contributed by atoms with E-state index in [0.29, 0.717) is 36.0 Å². The fourth-order valence-electron chi connectivity index (χ4n) is 4.08. The quantitative estimate of drug-likeness (QED) is 0.563. The minimum atomic E-state index is -0.349. The van der Waals surface area contributed by atoms with Crippen molar-refractivity contribution < 1.29 is 14.2 Å². The van der Waals surface area contributed by atoms with E-state index in [-0.39, 0.29) is 25.1 Å². The largest absolute Gasteiger partial charge is 0.491 e. The van der Waals surface area contributed by atoms with E-state index in [4.69, 9.17) is 21.4 Å². The molecule has 1 aromatic heterocycles. The topological polar surface area (TPSA) is 72.6 Å². The van der Waals surface area contributed by atoms with Crippen LogP contribution in [0.5, 0.6) is 5.75 Å². The van der Waals surface area contributed by atoms with Gasteiger partial charge in [-0.05, 0) is 48.0 Å². The Labute approximate surface area is 197 Å². The van der Waals surface area contributed by atoms with Crippen LogP contribution in [-0.4, -0.2) is 47.8 Å². The molecule has 0 spiro atoms. The predicted molar refractivity (Wildman–Crippen MR) is 125 cm³/mol. The molecule has 0 unspecified atom stereocenters. The molecule has 1 fully saturated rings. The summed E-state index contributed by atoms with van der Waals surface area (Å²) in [5.41, 5.74) is 3.23. The fourth-order valence-corrected chi connectivity index (χ4v) is 4.21. The van der Waals surface area contributed by atoms with Gasteiger partial charge in [0.05, 0.1) is 35.8 Å². The molecule has 1 atom stereocenters. The molecule has 0 radical (unpaired) electrons. The van der Waals surface area contributed by atoms with E-state index in [0.717, 1.165) is 23.5 Å². The van der Waals surface area contributed by atoms with Gasteiger partial charge in [-0.2, -0.15) is 5.26 Å². The van der Waals surface area contributed by atoms with E-state index >= 15 is 0 Å².